The lowest BCUT2D eigenvalue weighted by Crippen LogP contribution is -2.16. The van der Waals surface area contributed by atoms with Crippen LogP contribution < -0.4 is 4.80 Å². The van der Waals surface area contributed by atoms with Crippen LogP contribution in [0, 0.1) is 0 Å². The van der Waals surface area contributed by atoms with Gasteiger partial charge in [-0.25, -0.2) is 0 Å². The quantitative estimate of drug-likeness (QED) is 0.669. The van der Waals surface area contributed by atoms with Crippen molar-refractivity contribution in [1.82, 2.24) is 4.57 Å². The lowest BCUT2D eigenvalue weighted by atomic mass is 10.3. The highest BCUT2D eigenvalue weighted by Gasteiger charge is 2.08. The van der Waals surface area contributed by atoms with Crippen LogP contribution in [0.1, 0.15) is 11.8 Å². The molecule has 0 bridgehead atoms. The molecule has 2 aromatic heterocycles. The van der Waals surface area contributed by atoms with E-state index in [2.05, 4.69) is 44.5 Å². The van der Waals surface area contributed by atoms with E-state index in [0.29, 0.717) is 6.42 Å². The highest BCUT2D eigenvalue weighted by molar-refractivity contribution is 9.10. The van der Waals surface area contributed by atoms with Gasteiger partial charge in [-0.1, -0.05) is 33.3 Å². The summed E-state index contributed by atoms with van der Waals surface area (Å²) >= 11 is 6.62. The molecule has 1 aromatic carbocycles. The SMILES string of the molecule is CCn1c(=NC(=O)Cc2cccs2)sc2cc(Br)ccc21. The number of thiophene rings is 1. The predicted molar refractivity (Wildman–Crippen MR) is 91.8 cm³/mol. The minimum atomic E-state index is -0.0923. The molecule has 0 spiro atoms. The van der Waals surface area contributed by atoms with Gasteiger partial charge in [-0.2, -0.15) is 4.99 Å². The van der Waals surface area contributed by atoms with Crippen LogP contribution in [0.2, 0.25) is 0 Å². The molecule has 0 atom stereocenters. The third kappa shape index (κ3) is 3.17. The molecular formula is C15H13BrN2OS2. The Morgan fingerprint density at radius 2 is 2.24 bits per heavy atom. The molecule has 0 radical (unpaired) electrons. The van der Waals surface area contributed by atoms with Gasteiger partial charge in [0.15, 0.2) is 4.80 Å². The van der Waals surface area contributed by atoms with Gasteiger partial charge < -0.3 is 4.57 Å². The number of benzene rings is 1. The number of carbonyl (C=O) groups is 1. The summed E-state index contributed by atoms with van der Waals surface area (Å²) in [5.41, 5.74) is 1.12. The maximum atomic E-state index is 12.1. The minimum Gasteiger partial charge on any atom is -0.317 e. The number of amides is 1. The number of halogens is 1. The van der Waals surface area contributed by atoms with E-state index in [4.69, 9.17) is 0 Å². The average molecular weight is 381 g/mol. The van der Waals surface area contributed by atoms with Gasteiger partial charge in [0.1, 0.15) is 0 Å². The Kier molecular flexibility index (Phi) is 4.37. The Hall–Kier alpha value is -1.24. The Morgan fingerprint density at radius 3 is 2.95 bits per heavy atom. The average Bonchev–Trinajstić information content (AvgIpc) is 3.05. The van der Waals surface area contributed by atoms with Gasteiger partial charge in [0.2, 0.25) is 0 Å². The maximum absolute atomic E-state index is 12.1. The minimum absolute atomic E-state index is 0.0923. The number of carbonyl (C=O) groups excluding carboxylic acids is 1. The topological polar surface area (TPSA) is 34.4 Å². The number of hydrogen-bond acceptors (Lipinski definition) is 3. The maximum Gasteiger partial charge on any atom is 0.253 e. The molecule has 3 rings (SSSR count). The van der Waals surface area contributed by atoms with Crippen molar-refractivity contribution in [2.45, 2.75) is 19.9 Å². The summed E-state index contributed by atoms with van der Waals surface area (Å²) in [5.74, 6) is -0.0923. The van der Waals surface area contributed by atoms with Crippen molar-refractivity contribution < 1.29 is 4.79 Å². The molecule has 1 amide bonds. The van der Waals surface area contributed by atoms with Gasteiger partial charge in [-0.15, -0.1) is 11.3 Å². The number of aromatic nitrogens is 1. The lowest BCUT2D eigenvalue weighted by Gasteiger charge is -2.00. The zero-order valence-corrected chi connectivity index (χ0v) is 14.6. The summed E-state index contributed by atoms with van der Waals surface area (Å²) in [6.45, 7) is 2.86. The van der Waals surface area contributed by atoms with Crippen LogP contribution in [-0.4, -0.2) is 10.5 Å². The van der Waals surface area contributed by atoms with E-state index in [1.165, 1.54) is 0 Å². The molecule has 0 aliphatic rings. The van der Waals surface area contributed by atoms with Gasteiger partial charge >= 0.3 is 0 Å². The first kappa shape index (κ1) is 14.7. The Balaban J connectivity index is 2.02. The first-order valence-corrected chi connectivity index (χ1v) is 9.05. The molecule has 0 aliphatic carbocycles. The van der Waals surface area contributed by atoms with Crippen LogP contribution in [0.5, 0.6) is 0 Å². The number of aryl methyl sites for hydroxylation is 1. The molecule has 0 N–H and O–H groups in total. The third-order valence-corrected chi connectivity index (χ3v) is 5.50. The number of rotatable bonds is 3. The summed E-state index contributed by atoms with van der Waals surface area (Å²) in [6.07, 6.45) is 0.374. The third-order valence-electron chi connectivity index (χ3n) is 3.09. The first-order chi connectivity index (χ1) is 10.2. The number of thiazole rings is 1. The second-order valence-electron chi connectivity index (χ2n) is 4.50. The molecule has 2 heterocycles. The molecule has 0 aliphatic heterocycles. The van der Waals surface area contributed by atoms with Crippen LogP contribution in [-0.2, 0) is 17.8 Å². The monoisotopic (exact) mass is 380 g/mol. The van der Waals surface area contributed by atoms with E-state index >= 15 is 0 Å². The summed E-state index contributed by atoms with van der Waals surface area (Å²) in [5, 5.41) is 1.98. The molecular weight excluding hydrogens is 368 g/mol. The van der Waals surface area contributed by atoms with Crippen molar-refractivity contribution in [1.29, 1.82) is 0 Å². The second kappa shape index (κ2) is 6.25. The summed E-state index contributed by atoms with van der Waals surface area (Å²) in [4.78, 5) is 18.2. The summed E-state index contributed by atoms with van der Waals surface area (Å²) < 4.78 is 4.25. The zero-order chi connectivity index (χ0) is 14.8. The summed E-state index contributed by atoms with van der Waals surface area (Å²) in [7, 11) is 0. The highest BCUT2D eigenvalue weighted by Crippen LogP contribution is 2.22. The van der Waals surface area contributed by atoms with E-state index < -0.39 is 0 Å². The van der Waals surface area contributed by atoms with Crippen molar-refractivity contribution in [2.24, 2.45) is 4.99 Å². The fraction of sp³-hybridized carbons (Fsp3) is 0.200. The van der Waals surface area contributed by atoms with Crippen molar-refractivity contribution in [3.63, 3.8) is 0 Å². The number of hydrogen-bond donors (Lipinski definition) is 0. The van der Waals surface area contributed by atoms with Crippen LogP contribution in [0.4, 0.5) is 0 Å². The van der Waals surface area contributed by atoms with E-state index in [0.717, 1.165) is 30.9 Å². The largest absolute Gasteiger partial charge is 0.317 e. The van der Waals surface area contributed by atoms with Crippen molar-refractivity contribution in [3.8, 4) is 0 Å². The number of nitrogens with zero attached hydrogens (tertiary/aromatic N) is 2. The summed E-state index contributed by atoms with van der Waals surface area (Å²) in [6, 6.07) is 10.1. The molecule has 0 unspecified atom stereocenters. The normalized spacial score (nSPS) is 12.2. The molecule has 0 saturated carbocycles. The first-order valence-electron chi connectivity index (χ1n) is 6.56. The lowest BCUT2D eigenvalue weighted by molar-refractivity contribution is -0.117. The van der Waals surface area contributed by atoms with Gasteiger partial charge in [0, 0.05) is 15.9 Å². The fourth-order valence-electron chi connectivity index (χ4n) is 2.15. The number of fused-ring (bicyclic) bond motifs is 1. The van der Waals surface area contributed by atoms with E-state index in [1.54, 1.807) is 22.7 Å². The zero-order valence-electron chi connectivity index (χ0n) is 11.4. The standard InChI is InChI=1S/C15H13BrN2OS2/c1-2-18-12-6-5-10(16)8-13(12)21-15(18)17-14(19)9-11-4-3-7-20-11/h3-8H,2,9H2,1H3. The van der Waals surface area contributed by atoms with Crippen LogP contribution in [0.3, 0.4) is 0 Å². The van der Waals surface area contributed by atoms with Gasteiger partial charge in [-0.05, 0) is 36.6 Å². The van der Waals surface area contributed by atoms with E-state index in [-0.39, 0.29) is 5.91 Å². The van der Waals surface area contributed by atoms with Gasteiger partial charge in [-0.3, -0.25) is 4.79 Å². The van der Waals surface area contributed by atoms with Crippen LogP contribution in [0.25, 0.3) is 10.2 Å². The molecule has 108 valence electrons. The molecule has 3 nitrogen and oxygen atoms in total. The molecule has 0 saturated heterocycles. The molecule has 0 fully saturated rings. The van der Waals surface area contributed by atoms with Crippen molar-refractivity contribution >= 4 is 54.7 Å². The van der Waals surface area contributed by atoms with Crippen molar-refractivity contribution in [2.75, 3.05) is 0 Å². The van der Waals surface area contributed by atoms with Crippen LogP contribution >= 0.6 is 38.6 Å². The van der Waals surface area contributed by atoms with Crippen LogP contribution in [0.15, 0.2) is 45.2 Å². The van der Waals surface area contributed by atoms with Gasteiger partial charge in [0.25, 0.3) is 5.91 Å². The second-order valence-corrected chi connectivity index (χ2v) is 7.46. The fourth-order valence-corrected chi connectivity index (χ4v) is 4.51. The predicted octanol–water partition coefficient (Wildman–Crippen LogP) is 4.22. The van der Waals surface area contributed by atoms with E-state index in [1.807, 2.05) is 23.6 Å². The van der Waals surface area contributed by atoms with E-state index in [9.17, 15) is 4.79 Å². The highest BCUT2D eigenvalue weighted by atomic mass is 79.9. The smallest absolute Gasteiger partial charge is 0.253 e. The molecule has 21 heavy (non-hydrogen) atoms. The van der Waals surface area contributed by atoms with Crippen molar-refractivity contribution in [3.05, 3.63) is 49.9 Å². The molecule has 6 heteroatoms. The molecule has 3 aromatic rings. The Morgan fingerprint density at radius 1 is 1.38 bits per heavy atom. The Labute approximate surface area is 138 Å². The Bertz CT molecular complexity index is 846. The van der Waals surface area contributed by atoms with Gasteiger partial charge in [0.05, 0.1) is 16.6 Å².